The van der Waals surface area contributed by atoms with Crippen LogP contribution in [0.2, 0.25) is 0 Å². The Balaban J connectivity index is 1.98. The molecule has 3 rings (SSSR count). The molecular weight excluding hydrogens is 318 g/mol. The van der Waals surface area contributed by atoms with Gasteiger partial charge in [-0.2, -0.15) is 0 Å². The van der Waals surface area contributed by atoms with E-state index in [9.17, 15) is 0 Å². The monoisotopic (exact) mass is 339 g/mol. The van der Waals surface area contributed by atoms with Crippen molar-refractivity contribution in [3.05, 3.63) is 76.9 Å². The summed E-state index contributed by atoms with van der Waals surface area (Å²) < 4.78 is 0.644. The van der Waals surface area contributed by atoms with Crippen LogP contribution in [0, 0.1) is 0 Å². The van der Waals surface area contributed by atoms with Gasteiger partial charge in [-0.3, -0.25) is 0 Å². The fraction of sp³-hybridized carbons (Fsp3) is 0.250. The van der Waals surface area contributed by atoms with E-state index >= 15 is 0 Å². The summed E-state index contributed by atoms with van der Waals surface area (Å²) in [5, 5.41) is 0. The van der Waals surface area contributed by atoms with Crippen LogP contribution in [0.3, 0.4) is 0 Å². The normalized spacial score (nSPS) is 12.9. The van der Waals surface area contributed by atoms with Crippen LogP contribution in [0.15, 0.2) is 54.6 Å². The highest BCUT2D eigenvalue weighted by Crippen LogP contribution is 2.33. The van der Waals surface area contributed by atoms with Gasteiger partial charge in [-0.15, -0.1) is 12.6 Å². The second-order valence-electron chi connectivity index (χ2n) is 5.92. The van der Waals surface area contributed by atoms with E-state index in [4.69, 9.17) is 12.2 Å². The van der Waals surface area contributed by atoms with E-state index in [1.165, 1.54) is 27.8 Å². The Bertz CT molecular complexity index is 699. The van der Waals surface area contributed by atoms with Crippen molar-refractivity contribution in [3.63, 3.8) is 0 Å². The quantitative estimate of drug-likeness (QED) is 0.635. The summed E-state index contributed by atoms with van der Waals surface area (Å²) >= 11 is 9.34. The van der Waals surface area contributed by atoms with Crippen LogP contribution in [0.4, 0.5) is 0 Å². The summed E-state index contributed by atoms with van der Waals surface area (Å²) in [4.78, 5) is 2.00. The lowest BCUT2D eigenvalue weighted by Gasteiger charge is -2.16. The minimum atomic E-state index is 0.644. The predicted molar refractivity (Wildman–Crippen MR) is 106 cm³/mol. The molecule has 0 heterocycles. The fourth-order valence-electron chi connectivity index (χ4n) is 3.13. The molecule has 0 unspecified atom stereocenters. The minimum Gasteiger partial charge on any atom is -0.360 e. The lowest BCUT2D eigenvalue weighted by atomic mass is 9.93. The molecule has 0 fully saturated rings. The Hall–Kier alpha value is -1.58. The van der Waals surface area contributed by atoms with Gasteiger partial charge < -0.3 is 4.90 Å². The molecule has 23 heavy (non-hydrogen) atoms. The van der Waals surface area contributed by atoms with Gasteiger partial charge in [-0.25, -0.2) is 0 Å². The average molecular weight is 340 g/mol. The topological polar surface area (TPSA) is 3.24 Å². The molecule has 0 N–H and O–H groups in total. The first-order valence-corrected chi connectivity index (χ1v) is 8.83. The molecule has 1 aliphatic carbocycles. The molecule has 0 saturated carbocycles. The maximum absolute atomic E-state index is 5.11. The molecule has 2 aromatic rings. The molecular formula is C20H21NS2. The molecule has 3 heteroatoms. The van der Waals surface area contributed by atoms with E-state index in [1.807, 2.05) is 11.9 Å². The van der Waals surface area contributed by atoms with Crippen LogP contribution in [0.25, 0.3) is 5.57 Å². The van der Waals surface area contributed by atoms with Crippen LogP contribution in [-0.4, -0.2) is 22.8 Å². The maximum atomic E-state index is 5.11. The Morgan fingerprint density at radius 1 is 1.04 bits per heavy atom. The van der Waals surface area contributed by atoms with Gasteiger partial charge in [0.15, 0.2) is 0 Å². The third-order valence-corrected chi connectivity index (χ3v) is 5.07. The van der Waals surface area contributed by atoms with Crippen LogP contribution in [0.1, 0.15) is 28.7 Å². The largest absolute Gasteiger partial charge is 0.360 e. The van der Waals surface area contributed by atoms with Crippen molar-refractivity contribution in [2.45, 2.75) is 19.3 Å². The molecule has 0 amide bonds. The molecule has 0 atom stereocenters. The van der Waals surface area contributed by atoms with Gasteiger partial charge in [-0.1, -0.05) is 66.8 Å². The van der Waals surface area contributed by atoms with Gasteiger partial charge in [0.05, 0.1) is 0 Å². The van der Waals surface area contributed by atoms with Crippen molar-refractivity contribution in [1.82, 2.24) is 4.90 Å². The molecule has 1 aliphatic rings. The molecule has 0 spiro atoms. The number of nitrogens with zero attached hydrogens (tertiary/aromatic N) is 1. The molecule has 2 aromatic carbocycles. The third kappa shape index (κ3) is 3.67. The van der Waals surface area contributed by atoms with E-state index in [0.29, 0.717) is 4.32 Å². The van der Waals surface area contributed by atoms with Crippen molar-refractivity contribution in [3.8, 4) is 0 Å². The zero-order chi connectivity index (χ0) is 16.2. The van der Waals surface area contributed by atoms with Gasteiger partial charge in [0.2, 0.25) is 0 Å². The van der Waals surface area contributed by atoms with Crippen LogP contribution in [-0.2, 0) is 12.8 Å². The first-order chi connectivity index (χ1) is 11.2. The molecule has 0 aromatic heterocycles. The summed E-state index contributed by atoms with van der Waals surface area (Å²) in [6.07, 6.45) is 5.51. The molecule has 1 nitrogen and oxygen atoms in total. The number of benzene rings is 2. The molecule has 118 valence electrons. The summed E-state index contributed by atoms with van der Waals surface area (Å²) in [6, 6.07) is 17.5. The van der Waals surface area contributed by atoms with Crippen molar-refractivity contribution < 1.29 is 0 Å². The van der Waals surface area contributed by atoms with Gasteiger partial charge >= 0.3 is 0 Å². The number of aryl methyl sites for hydroxylation is 2. The molecule has 0 bridgehead atoms. The van der Waals surface area contributed by atoms with Crippen molar-refractivity contribution in [2.24, 2.45) is 0 Å². The van der Waals surface area contributed by atoms with Crippen LogP contribution >= 0.6 is 24.8 Å². The lowest BCUT2D eigenvalue weighted by molar-refractivity contribution is 0.532. The van der Waals surface area contributed by atoms with Gasteiger partial charge in [-0.05, 0) is 47.1 Å². The summed E-state index contributed by atoms with van der Waals surface area (Å²) in [7, 11) is 1.99. The number of hydrogen-bond acceptors (Lipinski definition) is 1. The fourth-order valence-corrected chi connectivity index (χ4v) is 3.33. The highest BCUT2D eigenvalue weighted by Gasteiger charge is 2.17. The van der Waals surface area contributed by atoms with E-state index in [0.717, 1.165) is 25.8 Å². The Morgan fingerprint density at radius 3 is 2.09 bits per heavy atom. The van der Waals surface area contributed by atoms with Gasteiger partial charge in [0.25, 0.3) is 0 Å². The highest BCUT2D eigenvalue weighted by molar-refractivity contribution is 8.10. The molecule has 0 aliphatic heterocycles. The smallest absolute Gasteiger partial charge is 0.133 e. The second kappa shape index (κ2) is 7.33. The zero-order valence-electron chi connectivity index (χ0n) is 13.3. The van der Waals surface area contributed by atoms with Crippen LogP contribution in [0.5, 0.6) is 0 Å². The summed E-state index contributed by atoms with van der Waals surface area (Å²) in [5.41, 5.74) is 6.97. The van der Waals surface area contributed by atoms with E-state index < -0.39 is 0 Å². The van der Waals surface area contributed by atoms with Crippen molar-refractivity contribution in [2.75, 3.05) is 13.6 Å². The van der Waals surface area contributed by atoms with Gasteiger partial charge in [0.1, 0.15) is 4.32 Å². The SMILES string of the molecule is CN(CCC=C1c2ccccc2CCc2ccccc21)C(=S)S. The average Bonchev–Trinajstić information content (AvgIpc) is 2.72. The Labute approximate surface area is 149 Å². The second-order valence-corrected chi connectivity index (χ2v) is 7.04. The van der Waals surface area contributed by atoms with E-state index in [1.54, 1.807) is 0 Å². The van der Waals surface area contributed by atoms with E-state index in [-0.39, 0.29) is 0 Å². The standard InChI is InChI=1S/C20H21NS2/c1-21(20(22)23)14-6-11-19-17-9-4-2-7-15(17)12-13-16-8-3-5-10-18(16)19/h2-5,7-11H,6,12-14H2,1H3,(H,22,23). The third-order valence-electron chi connectivity index (χ3n) is 4.42. The maximum Gasteiger partial charge on any atom is 0.133 e. The van der Waals surface area contributed by atoms with E-state index in [2.05, 4.69) is 67.2 Å². The van der Waals surface area contributed by atoms with Gasteiger partial charge in [0, 0.05) is 13.6 Å². The number of hydrogen-bond donors (Lipinski definition) is 1. The summed E-state index contributed by atoms with van der Waals surface area (Å²) in [6.45, 7) is 0.885. The first kappa shape index (κ1) is 16.3. The molecule has 0 radical (unpaired) electrons. The highest BCUT2D eigenvalue weighted by atomic mass is 32.1. The molecule has 0 saturated heterocycles. The number of fused-ring (bicyclic) bond motifs is 2. The summed E-state index contributed by atoms with van der Waals surface area (Å²) in [5.74, 6) is 0. The predicted octanol–water partition coefficient (Wildman–Crippen LogP) is 4.75. The Kier molecular flexibility index (Phi) is 5.19. The van der Waals surface area contributed by atoms with Crippen molar-refractivity contribution >= 4 is 34.7 Å². The number of thiocarbonyl (C=S) groups is 1. The first-order valence-electron chi connectivity index (χ1n) is 7.97. The number of rotatable bonds is 3. The Morgan fingerprint density at radius 2 is 1.57 bits per heavy atom. The lowest BCUT2D eigenvalue weighted by Crippen LogP contribution is -2.21. The number of thiol groups is 1. The van der Waals surface area contributed by atoms with Crippen LogP contribution < -0.4 is 0 Å². The zero-order valence-corrected chi connectivity index (χ0v) is 15.0. The minimum absolute atomic E-state index is 0.644. The van der Waals surface area contributed by atoms with Crippen molar-refractivity contribution in [1.29, 1.82) is 0 Å².